The number of benzene rings is 1. The Balaban J connectivity index is 1.78. The second-order valence-electron chi connectivity index (χ2n) is 7.01. The van der Waals surface area contributed by atoms with Crippen molar-refractivity contribution in [1.29, 1.82) is 0 Å². The van der Waals surface area contributed by atoms with E-state index in [2.05, 4.69) is 5.16 Å². The Bertz CT molecular complexity index is 1170. The molecule has 0 aliphatic heterocycles. The smallest absolute Gasteiger partial charge is 0.336 e. The SMILES string of the molecule is COCCOC(=O)CCc1cc2c(C)cc(=O)oc2cc1OC(=O)CCc1cc(Cl)no1. The van der Waals surface area contributed by atoms with Gasteiger partial charge in [-0.25, -0.2) is 4.79 Å². The second kappa shape index (κ2) is 10.9. The highest BCUT2D eigenvalue weighted by Gasteiger charge is 2.16. The quantitative estimate of drug-likeness (QED) is 0.193. The van der Waals surface area contributed by atoms with E-state index in [0.717, 1.165) is 0 Å². The van der Waals surface area contributed by atoms with E-state index in [1.54, 1.807) is 13.0 Å². The molecule has 32 heavy (non-hydrogen) atoms. The number of ether oxygens (including phenoxy) is 3. The maximum Gasteiger partial charge on any atom is 0.336 e. The van der Waals surface area contributed by atoms with Crippen LogP contribution >= 0.6 is 11.6 Å². The van der Waals surface area contributed by atoms with E-state index in [-0.39, 0.29) is 48.8 Å². The molecule has 2 heterocycles. The van der Waals surface area contributed by atoms with Gasteiger partial charge >= 0.3 is 17.6 Å². The van der Waals surface area contributed by atoms with E-state index in [0.29, 0.717) is 28.9 Å². The first kappa shape index (κ1) is 23.5. The molecule has 3 rings (SSSR count). The summed E-state index contributed by atoms with van der Waals surface area (Å²) in [5.41, 5.74) is 1.09. The van der Waals surface area contributed by atoms with Gasteiger partial charge in [-0.3, -0.25) is 9.59 Å². The molecular weight excluding hydrogens is 442 g/mol. The molecule has 0 unspecified atom stereocenters. The summed E-state index contributed by atoms with van der Waals surface area (Å²) in [6.07, 6.45) is 0.605. The van der Waals surface area contributed by atoms with Gasteiger partial charge in [-0.15, -0.1) is 0 Å². The monoisotopic (exact) mass is 463 g/mol. The van der Waals surface area contributed by atoms with Crippen LogP contribution in [0.4, 0.5) is 0 Å². The molecule has 1 aromatic carbocycles. The van der Waals surface area contributed by atoms with Crippen molar-refractivity contribution in [3.8, 4) is 5.75 Å². The van der Waals surface area contributed by atoms with Crippen LogP contribution < -0.4 is 10.4 Å². The predicted molar refractivity (Wildman–Crippen MR) is 114 cm³/mol. The van der Waals surface area contributed by atoms with Gasteiger partial charge in [0, 0.05) is 43.5 Å². The molecule has 2 aromatic heterocycles. The summed E-state index contributed by atoms with van der Waals surface area (Å²) in [6.45, 7) is 2.24. The van der Waals surface area contributed by atoms with Crippen LogP contribution in [0, 0.1) is 6.92 Å². The summed E-state index contributed by atoms with van der Waals surface area (Å²) in [5.74, 6) is -0.281. The van der Waals surface area contributed by atoms with Crippen molar-refractivity contribution in [3.63, 3.8) is 0 Å². The normalized spacial score (nSPS) is 11.0. The van der Waals surface area contributed by atoms with E-state index >= 15 is 0 Å². The second-order valence-corrected chi connectivity index (χ2v) is 7.40. The molecule has 0 amide bonds. The van der Waals surface area contributed by atoms with Gasteiger partial charge in [0.1, 0.15) is 23.7 Å². The number of aryl methyl sites for hydroxylation is 3. The molecule has 0 saturated carbocycles. The Morgan fingerprint density at radius 3 is 2.56 bits per heavy atom. The first-order valence-electron chi connectivity index (χ1n) is 9.89. The van der Waals surface area contributed by atoms with Crippen molar-refractivity contribution < 1.29 is 32.7 Å². The molecular formula is C22H22ClNO8. The number of hydrogen-bond acceptors (Lipinski definition) is 9. The lowest BCUT2D eigenvalue weighted by molar-refractivity contribution is -0.144. The van der Waals surface area contributed by atoms with Crippen LogP contribution in [0.1, 0.15) is 29.7 Å². The summed E-state index contributed by atoms with van der Waals surface area (Å²) in [4.78, 5) is 36.2. The highest BCUT2D eigenvalue weighted by Crippen LogP contribution is 2.29. The van der Waals surface area contributed by atoms with E-state index in [9.17, 15) is 14.4 Å². The van der Waals surface area contributed by atoms with Crippen molar-refractivity contribution in [2.75, 3.05) is 20.3 Å². The Hall–Kier alpha value is -3.17. The largest absolute Gasteiger partial charge is 0.463 e. The predicted octanol–water partition coefficient (Wildman–Crippen LogP) is 3.40. The summed E-state index contributed by atoms with van der Waals surface area (Å²) >= 11 is 5.71. The Morgan fingerprint density at radius 1 is 1.06 bits per heavy atom. The molecule has 0 saturated heterocycles. The zero-order chi connectivity index (χ0) is 23.1. The van der Waals surface area contributed by atoms with Crippen molar-refractivity contribution >= 4 is 34.5 Å². The lowest BCUT2D eigenvalue weighted by Crippen LogP contribution is -2.13. The van der Waals surface area contributed by atoms with Gasteiger partial charge in [0.2, 0.25) is 0 Å². The lowest BCUT2D eigenvalue weighted by Gasteiger charge is -2.12. The third kappa shape index (κ3) is 6.41. The van der Waals surface area contributed by atoms with Gasteiger partial charge in [0.25, 0.3) is 0 Å². The lowest BCUT2D eigenvalue weighted by atomic mass is 10.0. The zero-order valence-electron chi connectivity index (χ0n) is 17.6. The van der Waals surface area contributed by atoms with Gasteiger partial charge in [0.05, 0.1) is 13.0 Å². The molecule has 0 bridgehead atoms. The topological polar surface area (TPSA) is 118 Å². The van der Waals surface area contributed by atoms with Gasteiger partial charge in [-0.2, -0.15) is 0 Å². The van der Waals surface area contributed by atoms with Crippen molar-refractivity contribution in [2.45, 2.75) is 32.6 Å². The number of esters is 2. The fourth-order valence-electron chi connectivity index (χ4n) is 3.03. The van der Waals surface area contributed by atoms with Crippen LogP contribution in [0.15, 0.2) is 38.0 Å². The maximum absolute atomic E-state index is 12.4. The number of rotatable bonds is 10. The highest BCUT2D eigenvalue weighted by atomic mass is 35.5. The Morgan fingerprint density at radius 2 is 1.84 bits per heavy atom. The molecule has 3 aromatic rings. The number of carbonyl (C=O) groups is 2. The highest BCUT2D eigenvalue weighted by molar-refractivity contribution is 6.29. The summed E-state index contributed by atoms with van der Waals surface area (Å²) in [7, 11) is 1.52. The van der Waals surface area contributed by atoms with E-state index in [1.165, 1.54) is 25.3 Å². The number of halogens is 1. The minimum atomic E-state index is -0.532. The number of carbonyl (C=O) groups excluding carboxylic acids is 2. The van der Waals surface area contributed by atoms with Gasteiger partial charge in [-0.1, -0.05) is 16.8 Å². The fraction of sp³-hybridized carbons (Fsp3) is 0.364. The fourth-order valence-corrected chi connectivity index (χ4v) is 3.19. The molecule has 0 spiro atoms. The van der Waals surface area contributed by atoms with Gasteiger partial charge < -0.3 is 23.2 Å². The number of methoxy groups -OCH3 is 1. The van der Waals surface area contributed by atoms with Crippen LogP contribution in [-0.2, 0) is 31.9 Å². The summed E-state index contributed by atoms with van der Waals surface area (Å²) < 4.78 is 25.7. The van der Waals surface area contributed by atoms with E-state index in [1.807, 2.05) is 0 Å². The molecule has 0 fully saturated rings. The molecule has 0 radical (unpaired) electrons. The van der Waals surface area contributed by atoms with Crippen LogP contribution in [0.2, 0.25) is 5.15 Å². The summed E-state index contributed by atoms with van der Waals surface area (Å²) in [5, 5.41) is 4.44. The third-order valence-corrected chi connectivity index (χ3v) is 4.79. The van der Waals surface area contributed by atoms with Gasteiger partial charge in [-0.05, 0) is 30.5 Å². The third-order valence-electron chi connectivity index (χ3n) is 4.61. The number of hydrogen-bond donors (Lipinski definition) is 0. The Labute approximate surface area is 188 Å². The zero-order valence-corrected chi connectivity index (χ0v) is 18.4. The van der Waals surface area contributed by atoms with Crippen LogP contribution in [-0.4, -0.2) is 37.4 Å². The van der Waals surface area contributed by atoms with Crippen LogP contribution in [0.3, 0.4) is 0 Å². The maximum atomic E-state index is 12.4. The molecule has 10 heteroatoms. The molecule has 0 aliphatic rings. The van der Waals surface area contributed by atoms with Crippen molar-refractivity contribution in [2.24, 2.45) is 0 Å². The van der Waals surface area contributed by atoms with Crippen LogP contribution in [0.5, 0.6) is 5.75 Å². The van der Waals surface area contributed by atoms with E-state index in [4.69, 9.17) is 34.8 Å². The molecule has 0 atom stereocenters. The van der Waals surface area contributed by atoms with Crippen molar-refractivity contribution in [1.82, 2.24) is 5.16 Å². The number of aromatic nitrogens is 1. The minimum absolute atomic E-state index is 0.0137. The molecule has 0 N–H and O–H groups in total. The summed E-state index contributed by atoms with van der Waals surface area (Å²) in [6, 6.07) is 6.12. The first-order chi connectivity index (χ1) is 15.4. The Kier molecular flexibility index (Phi) is 8.02. The van der Waals surface area contributed by atoms with E-state index < -0.39 is 17.6 Å². The standard InChI is InChI=1S/C22H22ClNO8/c1-13-9-22(27)31-18-12-17(30-21(26)6-4-15-11-19(23)24-32-15)14(10-16(13)18)3-5-20(25)29-8-7-28-2/h9-12H,3-8H2,1-2H3. The molecule has 9 nitrogen and oxygen atoms in total. The molecule has 170 valence electrons. The number of nitrogens with zero attached hydrogens (tertiary/aromatic N) is 1. The minimum Gasteiger partial charge on any atom is -0.463 e. The van der Waals surface area contributed by atoms with Gasteiger partial charge in [0.15, 0.2) is 5.15 Å². The number of fused-ring (bicyclic) bond motifs is 1. The average molecular weight is 464 g/mol. The van der Waals surface area contributed by atoms with Crippen molar-refractivity contribution in [3.05, 3.63) is 56.7 Å². The molecule has 0 aliphatic carbocycles. The average Bonchev–Trinajstić information content (AvgIpc) is 3.16. The first-order valence-corrected chi connectivity index (χ1v) is 10.3. The van der Waals surface area contributed by atoms with Crippen LogP contribution in [0.25, 0.3) is 11.0 Å².